The lowest BCUT2D eigenvalue weighted by atomic mass is 9.97. The summed E-state index contributed by atoms with van der Waals surface area (Å²) in [6.07, 6.45) is 13.6. The van der Waals surface area contributed by atoms with E-state index in [1.807, 2.05) is 0 Å². The Hall–Kier alpha value is -1.32. The van der Waals surface area contributed by atoms with Crippen molar-refractivity contribution in [1.82, 2.24) is 10.6 Å². The van der Waals surface area contributed by atoms with Crippen molar-refractivity contribution < 1.29 is 9.59 Å². The molecule has 0 spiro atoms. The van der Waals surface area contributed by atoms with E-state index in [9.17, 15) is 9.59 Å². The first-order chi connectivity index (χ1) is 10.7. The van der Waals surface area contributed by atoms with Gasteiger partial charge in [-0.3, -0.25) is 9.59 Å². The van der Waals surface area contributed by atoms with Crippen LogP contribution < -0.4 is 10.6 Å². The van der Waals surface area contributed by atoms with Crippen molar-refractivity contribution in [3.63, 3.8) is 0 Å². The standard InChI is InChI=1S/C18H28N2O2/c21-17(19-11-10-13-6-2-1-3-7-13)15-12-16(15)18(22)20-14-8-4-5-9-14/h6,14-16H,1-5,7-12H2,(H,19,21)(H,20,22). The molecular formula is C18H28N2O2. The van der Waals surface area contributed by atoms with Gasteiger partial charge in [-0.15, -0.1) is 0 Å². The molecule has 0 saturated heterocycles. The quantitative estimate of drug-likeness (QED) is 0.741. The van der Waals surface area contributed by atoms with E-state index in [1.54, 1.807) is 0 Å². The number of carbonyl (C=O) groups excluding carboxylic acids is 2. The lowest BCUT2D eigenvalue weighted by Gasteiger charge is -2.13. The van der Waals surface area contributed by atoms with E-state index < -0.39 is 0 Å². The predicted molar refractivity (Wildman–Crippen MR) is 86.2 cm³/mol. The molecule has 0 bridgehead atoms. The highest BCUT2D eigenvalue weighted by atomic mass is 16.2. The zero-order valence-corrected chi connectivity index (χ0v) is 13.4. The van der Waals surface area contributed by atoms with Gasteiger partial charge in [-0.25, -0.2) is 0 Å². The summed E-state index contributed by atoms with van der Waals surface area (Å²) in [5, 5.41) is 6.12. The number of rotatable bonds is 6. The molecule has 0 radical (unpaired) electrons. The first-order valence-corrected chi connectivity index (χ1v) is 9.00. The molecule has 0 heterocycles. The van der Waals surface area contributed by atoms with Gasteiger partial charge >= 0.3 is 0 Å². The van der Waals surface area contributed by atoms with Crippen LogP contribution in [0.3, 0.4) is 0 Å². The molecule has 2 fully saturated rings. The molecule has 4 heteroatoms. The van der Waals surface area contributed by atoms with E-state index in [0.717, 1.165) is 32.2 Å². The highest BCUT2D eigenvalue weighted by molar-refractivity contribution is 5.92. The van der Waals surface area contributed by atoms with Gasteiger partial charge < -0.3 is 10.6 Å². The Kier molecular flexibility index (Phi) is 5.16. The average molecular weight is 304 g/mol. The Morgan fingerprint density at radius 3 is 2.55 bits per heavy atom. The Morgan fingerprint density at radius 1 is 1.05 bits per heavy atom. The largest absolute Gasteiger partial charge is 0.356 e. The SMILES string of the molecule is O=C(NCCC1=CCCCC1)C1CC1C(=O)NC1CCCC1. The van der Waals surface area contributed by atoms with Gasteiger partial charge in [0.25, 0.3) is 0 Å². The van der Waals surface area contributed by atoms with Crippen LogP contribution in [-0.4, -0.2) is 24.4 Å². The van der Waals surface area contributed by atoms with Gasteiger partial charge in [-0.2, -0.15) is 0 Å². The van der Waals surface area contributed by atoms with Gasteiger partial charge in [-0.1, -0.05) is 24.5 Å². The van der Waals surface area contributed by atoms with Gasteiger partial charge in [0.1, 0.15) is 0 Å². The highest BCUT2D eigenvalue weighted by Gasteiger charge is 2.48. The molecule has 2 amide bonds. The summed E-state index contributed by atoms with van der Waals surface area (Å²) < 4.78 is 0. The van der Waals surface area contributed by atoms with Crippen LogP contribution in [0.15, 0.2) is 11.6 Å². The first kappa shape index (κ1) is 15.6. The summed E-state index contributed by atoms with van der Waals surface area (Å²) in [6.45, 7) is 0.720. The third-order valence-electron chi connectivity index (χ3n) is 5.30. The summed E-state index contributed by atoms with van der Waals surface area (Å²) in [7, 11) is 0. The van der Waals surface area contributed by atoms with E-state index in [4.69, 9.17) is 0 Å². The molecule has 2 N–H and O–H groups in total. The number of amides is 2. The molecule has 3 aliphatic carbocycles. The Bertz CT molecular complexity index is 452. The number of carbonyl (C=O) groups is 2. The van der Waals surface area contributed by atoms with Crippen molar-refractivity contribution in [2.75, 3.05) is 6.54 Å². The zero-order valence-electron chi connectivity index (χ0n) is 13.4. The lowest BCUT2D eigenvalue weighted by molar-refractivity contribution is -0.127. The molecule has 3 aliphatic rings. The van der Waals surface area contributed by atoms with E-state index in [0.29, 0.717) is 6.04 Å². The van der Waals surface area contributed by atoms with Crippen LogP contribution in [0.1, 0.15) is 64.2 Å². The molecule has 22 heavy (non-hydrogen) atoms. The summed E-state index contributed by atoms with van der Waals surface area (Å²) >= 11 is 0. The van der Waals surface area contributed by atoms with Gasteiger partial charge in [-0.05, 0) is 51.4 Å². The first-order valence-electron chi connectivity index (χ1n) is 9.00. The van der Waals surface area contributed by atoms with Gasteiger partial charge in [0.05, 0.1) is 11.8 Å². The summed E-state index contributed by atoms with van der Waals surface area (Å²) in [5.74, 6) is 0.0151. The Morgan fingerprint density at radius 2 is 1.82 bits per heavy atom. The number of allylic oxidation sites excluding steroid dienone is 1. The van der Waals surface area contributed by atoms with Crippen molar-refractivity contribution >= 4 is 11.8 Å². The fourth-order valence-corrected chi connectivity index (χ4v) is 3.76. The molecule has 122 valence electrons. The van der Waals surface area contributed by atoms with E-state index in [-0.39, 0.29) is 23.7 Å². The maximum atomic E-state index is 12.1. The maximum absolute atomic E-state index is 12.1. The summed E-state index contributed by atoms with van der Waals surface area (Å²) in [4.78, 5) is 24.2. The van der Waals surface area contributed by atoms with Gasteiger partial charge in [0, 0.05) is 12.6 Å². The third-order valence-corrected chi connectivity index (χ3v) is 5.30. The molecule has 3 rings (SSSR count). The number of hydrogen-bond donors (Lipinski definition) is 2. The molecule has 4 nitrogen and oxygen atoms in total. The Labute approximate surface area is 133 Å². The zero-order chi connectivity index (χ0) is 15.4. The third kappa shape index (κ3) is 4.11. The van der Waals surface area contributed by atoms with Crippen LogP contribution >= 0.6 is 0 Å². The molecular weight excluding hydrogens is 276 g/mol. The smallest absolute Gasteiger partial charge is 0.224 e. The predicted octanol–water partition coefficient (Wildman–Crippen LogP) is 2.69. The number of nitrogens with one attached hydrogen (secondary N) is 2. The normalized spacial score (nSPS) is 28.1. The van der Waals surface area contributed by atoms with Crippen LogP contribution in [0.4, 0.5) is 0 Å². The van der Waals surface area contributed by atoms with Crippen LogP contribution in [0.25, 0.3) is 0 Å². The van der Waals surface area contributed by atoms with Crippen LogP contribution in [-0.2, 0) is 9.59 Å². The average Bonchev–Trinajstić information content (AvgIpc) is 3.19. The molecule has 0 aliphatic heterocycles. The Balaban J connectivity index is 1.33. The molecule has 2 unspecified atom stereocenters. The van der Waals surface area contributed by atoms with Crippen LogP contribution in [0, 0.1) is 11.8 Å². The second-order valence-corrected chi connectivity index (χ2v) is 7.09. The van der Waals surface area contributed by atoms with E-state index in [2.05, 4.69) is 16.7 Å². The topological polar surface area (TPSA) is 58.2 Å². The monoisotopic (exact) mass is 304 g/mol. The second-order valence-electron chi connectivity index (χ2n) is 7.09. The molecule has 0 aromatic heterocycles. The molecule has 2 atom stereocenters. The number of hydrogen-bond acceptors (Lipinski definition) is 2. The van der Waals surface area contributed by atoms with Crippen LogP contribution in [0.2, 0.25) is 0 Å². The molecule has 0 aromatic carbocycles. The lowest BCUT2D eigenvalue weighted by Crippen LogP contribution is -2.35. The fourth-order valence-electron chi connectivity index (χ4n) is 3.76. The minimum Gasteiger partial charge on any atom is -0.356 e. The molecule has 2 saturated carbocycles. The minimum absolute atomic E-state index is 0.0722. The van der Waals surface area contributed by atoms with Gasteiger partial charge in [0.2, 0.25) is 11.8 Å². The summed E-state index contributed by atoms with van der Waals surface area (Å²) in [5.41, 5.74) is 1.48. The van der Waals surface area contributed by atoms with Crippen molar-refractivity contribution in [3.8, 4) is 0 Å². The molecule has 0 aromatic rings. The fraction of sp³-hybridized carbons (Fsp3) is 0.778. The van der Waals surface area contributed by atoms with Crippen molar-refractivity contribution in [1.29, 1.82) is 0 Å². The van der Waals surface area contributed by atoms with Crippen molar-refractivity contribution in [3.05, 3.63) is 11.6 Å². The van der Waals surface area contributed by atoms with Gasteiger partial charge in [0.15, 0.2) is 0 Å². The second kappa shape index (κ2) is 7.30. The minimum atomic E-state index is -0.0817. The maximum Gasteiger partial charge on any atom is 0.224 e. The van der Waals surface area contributed by atoms with Crippen LogP contribution in [0.5, 0.6) is 0 Å². The van der Waals surface area contributed by atoms with Crippen molar-refractivity contribution in [2.24, 2.45) is 11.8 Å². The highest BCUT2D eigenvalue weighted by Crippen LogP contribution is 2.39. The summed E-state index contributed by atoms with van der Waals surface area (Å²) in [6, 6.07) is 0.357. The van der Waals surface area contributed by atoms with Crippen molar-refractivity contribution in [2.45, 2.75) is 70.3 Å². The van der Waals surface area contributed by atoms with E-state index >= 15 is 0 Å². The van der Waals surface area contributed by atoms with E-state index in [1.165, 1.54) is 44.1 Å².